The molecule has 0 bridgehead atoms. The molecule has 0 saturated heterocycles. The second-order valence-corrected chi connectivity index (χ2v) is 7.22. The minimum Gasteiger partial charge on any atom is -0.383 e. The molecule has 3 aromatic rings. The summed E-state index contributed by atoms with van der Waals surface area (Å²) in [6.07, 6.45) is 1.54. The summed E-state index contributed by atoms with van der Waals surface area (Å²) in [5.41, 5.74) is 8.68. The fourth-order valence-electron chi connectivity index (χ4n) is 2.90. The van der Waals surface area contributed by atoms with Crippen molar-refractivity contribution in [1.82, 2.24) is 14.9 Å². The minimum absolute atomic E-state index is 0.171. The molecule has 0 spiro atoms. The molecule has 0 aliphatic rings. The zero-order valence-corrected chi connectivity index (χ0v) is 16.4. The van der Waals surface area contributed by atoms with Crippen LogP contribution in [0, 0.1) is 24.2 Å². The van der Waals surface area contributed by atoms with Crippen LogP contribution in [0.15, 0.2) is 42.6 Å². The highest BCUT2D eigenvalue weighted by Gasteiger charge is 2.20. The van der Waals surface area contributed by atoms with Crippen LogP contribution in [0.4, 0.5) is 5.82 Å². The van der Waals surface area contributed by atoms with Crippen molar-refractivity contribution in [1.29, 1.82) is 5.26 Å². The number of nitriles is 1. The van der Waals surface area contributed by atoms with Crippen molar-refractivity contribution in [2.24, 2.45) is 5.92 Å². The number of rotatable bonds is 5. The largest absolute Gasteiger partial charge is 0.383 e. The molecule has 2 heterocycles. The molecule has 0 aliphatic carbocycles. The molecule has 7 heteroatoms. The normalized spacial score (nSPS) is 11.8. The molecule has 1 unspecified atom stereocenters. The molecular weight excluding hydrogens is 374 g/mol. The molecule has 3 rings (SSSR count). The van der Waals surface area contributed by atoms with Gasteiger partial charge < -0.3 is 10.6 Å². The second kappa shape index (κ2) is 8.24. The lowest BCUT2D eigenvalue weighted by molar-refractivity contribution is 0.0728. The van der Waals surface area contributed by atoms with Crippen molar-refractivity contribution in [2.75, 3.05) is 12.3 Å². The topological polar surface area (TPSA) is 95.9 Å². The highest BCUT2D eigenvalue weighted by Crippen LogP contribution is 2.21. The Labute approximate surface area is 168 Å². The summed E-state index contributed by atoms with van der Waals surface area (Å²) < 4.78 is 0. The number of carbonyl (C=O) groups is 1. The number of fused-ring (bicyclic) bond motifs is 1. The van der Waals surface area contributed by atoms with Crippen LogP contribution in [-0.4, -0.2) is 27.3 Å². The summed E-state index contributed by atoms with van der Waals surface area (Å²) in [5, 5.41) is 10.6. The van der Waals surface area contributed by atoms with Crippen LogP contribution in [0.1, 0.15) is 28.5 Å². The van der Waals surface area contributed by atoms with Crippen LogP contribution >= 0.6 is 11.6 Å². The zero-order chi connectivity index (χ0) is 20.3. The van der Waals surface area contributed by atoms with Crippen LogP contribution in [0.3, 0.4) is 0 Å². The van der Waals surface area contributed by atoms with E-state index in [-0.39, 0.29) is 11.8 Å². The molecule has 142 valence electrons. The maximum absolute atomic E-state index is 13.2. The van der Waals surface area contributed by atoms with Crippen LogP contribution in [-0.2, 0) is 6.54 Å². The number of halogens is 1. The minimum atomic E-state index is -0.305. The third-order valence-corrected chi connectivity index (χ3v) is 4.66. The van der Waals surface area contributed by atoms with Crippen LogP contribution in [0.25, 0.3) is 10.9 Å². The van der Waals surface area contributed by atoms with Crippen molar-refractivity contribution in [3.8, 4) is 6.07 Å². The molecule has 1 atom stereocenters. The summed E-state index contributed by atoms with van der Waals surface area (Å²) in [7, 11) is 0. The van der Waals surface area contributed by atoms with E-state index in [1.165, 1.54) is 0 Å². The third kappa shape index (κ3) is 4.38. The first kappa shape index (κ1) is 19.6. The van der Waals surface area contributed by atoms with Gasteiger partial charge in [0.25, 0.3) is 5.91 Å². The van der Waals surface area contributed by atoms with Gasteiger partial charge in [0.2, 0.25) is 0 Å². The predicted octanol–water partition coefficient (Wildman–Crippen LogP) is 3.98. The fourth-order valence-corrected chi connectivity index (χ4v) is 3.01. The van der Waals surface area contributed by atoms with Gasteiger partial charge >= 0.3 is 0 Å². The van der Waals surface area contributed by atoms with Gasteiger partial charge in [-0.15, -0.1) is 0 Å². The van der Waals surface area contributed by atoms with E-state index in [2.05, 4.69) is 16.0 Å². The number of anilines is 1. The van der Waals surface area contributed by atoms with Gasteiger partial charge in [0.05, 0.1) is 34.8 Å². The number of pyridine rings is 2. The van der Waals surface area contributed by atoms with E-state index in [0.717, 1.165) is 16.5 Å². The number of aryl methyl sites for hydroxylation is 1. The number of benzene rings is 1. The third-order valence-electron chi connectivity index (χ3n) is 4.43. The molecule has 2 N–H and O–H groups in total. The Bertz CT molecular complexity index is 1060. The van der Waals surface area contributed by atoms with Crippen molar-refractivity contribution < 1.29 is 4.79 Å². The number of nitrogen functional groups attached to an aromatic ring is 1. The number of hydrogen-bond acceptors (Lipinski definition) is 5. The van der Waals surface area contributed by atoms with Gasteiger partial charge in [0, 0.05) is 23.7 Å². The smallest absolute Gasteiger partial charge is 0.254 e. The Hall–Kier alpha value is -3.17. The van der Waals surface area contributed by atoms with E-state index >= 15 is 0 Å². The molecule has 0 saturated carbocycles. The highest BCUT2D eigenvalue weighted by molar-refractivity contribution is 6.30. The van der Waals surface area contributed by atoms with Gasteiger partial charge in [0.15, 0.2) is 0 Å². The van der Waals surface area contributed by atoms with Gasteiger partial charge in [0.1, 0.15) is 5.82 Å². The molecule has 2 aromatic heterocycles. The van der Waals surface area contributed by atoms with E-state index in [0.29, 0.717) is 35.2 Å². The maximum atomic E-state index is 13.2. The molecule has 1 amide bonds. The average molecular weight is 394 g/mol. The van der Waals surface area contributed by atoms with Crippen molar-refractivity contribution in [3.05, 3.63) is 64.4 Å². The van der Waals surface area contributed by atoms with E-state index in [4.69, 9.17) is 17.3 Å². The van der Waals surface area contributed by atoms with E-state index < -0.39 is 0 Å². The first-order valence-electron chi connectivity index (χ1n) is 8.83. The van der Waals surface area contributed by atoms with Crippen molar-refractivity contribution >= 4 is 34.2 Å². The zero-order valence-electron chi connectivity index (χ0n) is 15.7. The SMILES string of the molecule is Cc1cc2cc(C(=O)N(Cc3ccc(Cl)cn3)CC(C)C#N)ccc2nc1N. The van der Waals surface area contributed by atoms with E-state index in [1.807, 2.05) is 13.0 Å². The van der Waals surface area contributed by atoms with Gasteiger partial charge in [-0.25, -0.2) is 4.98 Å². The molecule has 1 aromatic carbocycles. The van der Waals surface area contributed by atoms with Crippen molar-refractivity contribution in [3.63, 3.8) is 0 Å². The highest BCUT2D eigenvalue weighted by atomic mass is 35.5. The van der Waals surface area contributed by atoms with Crippen LogP contribution < -0.4 is 5.73 Å². The summed E-state index contributed by atoms with van der Waals surface area (Å²) in [4.78, 5) is 23.4. The van der Waals surface area contributed by atoms with E-state index in [9.17, 15) is 10.1 Å². The van der Waals surface area contributed by atoms with Crippen LogP contribution in [0.5, 0.6) is 0 Å². The number of amides is 1. The Kier molecular flexibility index (Phi) is 5.76. The number of carbonyl (C=O) groups excluding carboxylic acids is 1. The number of hydrogen-bond donors (Lipinski definition) is 1. The summed E-state index contributed by atoms with van der Waals surface area (Å²) in [6.45, 7) is 4.26. The van der Waals surface area contributed by atoms with E-state index in [1.54, 1.807) is 48.4 Å². The van der Waals surface area contributed by atoms with Gasteiger partial charge in [-0.2, -0.15) is 5.26 Å². The summed E-state index contributed by atoms with van der Waals surface area (Å²) in [5.74, 6) is 0.000468. The monoisotopic (exact) mass is 393 g/mol. The Morgan fingerprint density at radius 1 is 1.32 bits per heavy atom. The van der Waals surface area contributed by atoms with Gasteiger partial charge in [-0.05, 0) is 55.8 Å². The fraction of sp³-hybridized carbons (Fsp3) is 0.238. The lowest BCUT2D eigenvalue weighted by Gasteiger charge is -2.24. The number of aromatic nitrogens is 2. The Morgan fingerprint density at radius 3 is 2.79 bits per heavy atom. The molecule has 0 aliphatic heterocycles. The second-order valence-electron chi connectivity index (χ2n) is 6.78. The lowest BCUT2D eigenvalue weighted by Crippen LogP contribution is -2.34. The Balaban J connectivity index is 1.93. The molecular formula is C21H20ClN5O. The van der Waals surface area contributed by atoms with Crippen LogP contribution in [0.2, 0.25) is 5.02 Å². The molecule has 0 fully saturated rings. The standard InChI is InChI=1S/C21H20ClN5O/c1-13(9-23)11-27(12-18-5-4-17(22)10-25-18)21(28)15-3-6-19-16(8-15)7-14(2)20(24)26-19/h3-8,10,13H,11-12H2,1-2H3,(H2,24,26). The predicted molar refractivity (Wildman–Crippen MR) is 110 cm³/mol. The number of nitrogens with zero attached hydrogens (tertiary/aromatic N) is 4. The first-order valence-corrected chi connectivity index (χ1v) is 9.21. The molecule has 28 heavy (non-hydrogen) atoms. The Morgan fingerprint density at radius 2 is 2.11 bits per heavy atom. The van der Waals surface area contributed by atoms with Crippen molar-refractivity contribution in [2.45, 2.75) is 20.4 Å². The lowest BCUT2D eigenvalue weighted by atomic mass is 10.1. The molecule has 6 nitrogen and oxygen atoms in total. The quantitative estimate of drug-likeness (QED) is 0.707. The van der Waals surface area contributed by atoms with Gasteiger partial charge in [-0.1, -0.05) is 11.6 Å². The first-order chi connectivity index (χ1) is 13.4. The summed E-state index contributed by atoms with van der Waals surface area (Å²) >= 11 is 5.89. The van der Waals surface area contributed by atoms with Gasteiger partial charge in [-0.3, -0.25) is 9.78 Å². The number of nitrogens with two attached hydrogens (primary N) is 1. The summed E-state index contributed by atoms with van der Waals surface area (Å²) in [6, 6.07) is 12.9. The average Bonchev–Trinajstić information content (AvgIpc) is 2.69. The maximum Gasteiger partial charge on any atom is 0.254 e. The molecule has 0 radical (unpaired) electrons.